The lowest BCUT2D eigenvalue weighted by Gasteiger charge is -2.30. The first kappa shape index (κ1) is 13.4. The molecule has 0 aromatic carbocycles. The van der Waals surface area contributed by atoms with Crippen molar-refractivity contribution in [2.75, 3.05) is 20.1 Å². The van der Waals surface area contributed by atoms with Gasteiger partial charge in [0.2, 0.25) is 0 Å². The van der Waals surface area contributed by atoms with Crippen LogP contribution in [-0.4, -0.2) is 31.1 Å². The summed E-state index contributed by atoms with van der Waals surface area (Å²) in [6.07, 6.45) is 12.8. The zero-order valence-corrected chi connectivity index (χ0v) is 11.5. The lowest BCUT2D eigenvalue weighted by Crippen LogP contribution is -2.41. The van der Waals surface area contributed by atoms with E-state index in [0.717, 1.165) is 18.4 Å². The van der Waals surface area contributed by atoms with Crippen LogP contribution in [0, 0.1) is 11.8 Å². The highest BCUT2D eigenvalue weighted by atomic mass is 15.1. The summed E-state index contributed by atoms with van der Waals surface area (Å²) in [5.41, 5.74) is 6.34. The van der Waals surface area contributed by atoms with E-state index < -0.39 is 0 Å². The van der Waals surface area contributed by atoms with Crippen molar-refractivity contribution >= 4 is 0 Å². The fraction of sp³-hybridized carbons (Fsp3) is 1.00. The highest BCUT2D eigenvalue weighted by Crippen LogP contribution is 2.28. The van der Waals surface area contributed by atoms with Gasteiger partial charge in [-0.3, -0.25) is 0 Å². The molecule has 100 valence electrons. The predicted molar refractivity (Wildman–Crippen MR) is 74.0 cm³/mol. The van der Waals surface area contributed by atoms with Crippen molar-refractivity contribution in [2.45, 2.75) is 63.8 Å². The molecule has 2 heteroatoms. The molecule has 2 fully saturated rings. The van der Waals surface area contributed by atoms with E-state index in [1.54, 1.807) is 0 Å². The third kappa shape index (κ3) is 4.26. The third-order valence-electron chi connectivity index (χ3n) is 4.82. The molecule has 0 amide bonds. The van der Waals surface area contributed by atoms with Crippen LogP contribution in [-0.2, 0) is 0 Å². The highest BCUT2D eigenvalue weighted by Gasteiger charge is 2.23. The molecule has 2 aliphatic rings. The van der Waals surface area contributed by atoms with Gasteiger partial charge in [-0.05, 0) is 44.6 Å². The molecule has 2 rings (SSSR count). The van der Waals surface area contributed by atoms with Crippen molar-refractivity contribution in [3.8, 4) is 0 Å². The lowest BCUT2D eigenvalue weighted by atomic mass is 9.89. The van der Waals surface area contributed by atoms with Crippen LogP contribution in [0.4, 0.5) is 0 Å². The van der Waals surface area contributed by atoms with Crippen molar-refractivity contribution in [1.82, 2.24) is 4.90 Å². The Morgan fingerprint density at radius 3 is 2.24 bits per heavy atom. The fourth-order valence-corrected chi connectivity index (χ4v) is 3.78. The first-order valence-corrected chi connectivity index (χ1v) is 7.70. The summed E-state index contributed by atoms with van der Waals surface area (Å²) in [5, 5.41) is 0. The molecule has 0 aromatic heterocycles. The second-order valence-corrected chi connectivity index (χ2v) is 6.43. The summed E-state index contributed by atoms with van der Waals surface area (Å²) in [6.45, 7) is 2.39. The molecule has 0 saturated heterocycles. The van der Waals surface area contributed by atoms with Crippen molar-refractivity contribution in [1.29, 1.82) is 0 Å². The molecular formula is C15H30N2. The average Bonchev–Trinajstić information content (AvgIpc) is 2.83. The molecule has 2 N–H and O–H groups in total. The Balaban J connectivity index is 1.66. The summed E-state index contributed by atoms with van der Waals surface area (Å²) < 4.78 is 0. The number of hydrogen-bond acceptors (Lipinski definition) is 2. The lowest BCUT2D eigenvalue weighted by molar-refractivity contribution is 0.208. The predicted octanol–water partition coefficient (Wildman–Crippen LogP) is 3.02. The van der Waals surface area contributed by atoms with Crippen LogP contribution in [0.25, 0.3) is 0 Å². The van der Waals surface area contributed by atoms with Crippen molar-refractivity contribution in [3.05, 3.63) is 0 Å². The molecule has 1 atom stereocenters. The van der Waals surface area contributed by atoms with Crippen LogP contribution in [0.5, 0.6) is 0 Å². The minimum Gasteiger partial charge on any atom is -0.326 e. The second kappa shape index (κ2) is 6.75. The molecule has 2 saturated carbocycles. The SMILES string of the molecule is CN(CC1CCCCC1)CC(N)C1CCCC1. The van der Waals surface area contributed by atoms with E-state index in [1.165, 1.54) is 64.3 Å². The van der Waals surface area contributed by atoms with Crippen LogP contribution in [0.3, 0.4) is 0 Å². The number of hydrogen-bond donors (Lipinski definition) is 1. The van der Waals surface area contributed by atoms with E-state index in [4.69, 9.17) is 5.73 Å². The van der Waals surface area contributed by atoms with E-state index in [0.29, 0.717) is 6.04 Å². The monoisotopic (exact) mass is 238 g/mol. The molecule has 0 radical (unpaired) electrons. The third-order valence-corrected chi connectivity index (χ3v) is 4.82. The Labute approximate surface area is 107 Å². The van der Waals surface area contributed by atoms with Gasteiger partial charge < -0.3 is 10.6 Å². The van der Waals surface area contributed by atoms with Crippen LogP contribution < -0.4 is 5.73 Å². The minimum absolute atomic E-state index is 0.422. The molecule has 2 nitrogen and oxygen atoms in total. The van der Waals surface area contributed by atoms with E-state index in [9.17, 15) is 0 Å². The summed E-state index contributed by atoms with van der Waals surface area (Å²) in [5.74, 6) is 1.76. The maximum Gasteiger partial charge on any atom is 0.0196 e. The number of nitrogens with two attached hydrogens (primary N) is 1. The molecular weight excluding hydrogens is 208 g/mol. The van der Waals surface area contributed by atoms with Gasteiger partial charge in [0.15, 0.2) is 0 Å². The largest absolute Gasteiger partial charge is 0.326 e. The smallest absolute Gasteiger partial charge is 0.0196 e. The standard InChI is InChI=1S/C15H30N2/c1-17(11-13-7-3-2-4-8-13)12-15(16)14-9-5-6-10-14/h13-15H,2-12,16H2,1H3. The molecule has 0 aromatic rings. The summed E-state index contributed by atoms with van der Waals surface area (Å²) in [7, 11) is 2.27. The Hall–Kier alpha value is -0.0800. The van der Waals surface area contributed by atoms with Crippen LogP contribution in [0.1, 0.15) is 57.8 Å². The molecule has 0 spiro atoms. The van der Waals surface area contributed by atoms with Gasteiger partial charge in [0.05, 0.1) is 0 Å². The zero-order valence-electron chi connectivity index (χ0n) is 11.5. The fourth-order valence-electron chi connectivity index (χ4n) is 3.78. The summed E-state index contributed by atoms with van der Waals surface area (Å²) in [4.78, 5) is 2.50. The first-order valence-electron chi connectivity index (χ1n) is 7.70. The maximum absolute atomic E-state index is 6.34. The van der Waals surface area contributed by atoms with Crippen molar-refractivity contribution in [2.24, 2.45) is 17.6 Å². The van der Waals surface area contributed by atoms with E-state index in [-0.39, 0.29) is 0 Å². The van der Waals surface area contributed by atoms with Crippen LogP contribution in [0.2, 0.25) is 0 Å². The van der Waals surface area contributed by atoms with Gasteiger partial charge in [-0.2, -0.15) is 0 Å². The highest BCUT2D eigenvalue weighted by molar-refractivity contribution is 4.80. The summed E-state index contributed by atoms with van der Waals surface area (Å²) >= 11 is 0. The Kier molecular flexibility index (Phi) is 5.30. The van der Waals surface area contributed by atoms with Crippen molar-refractivity contribution in [3.63, 3.8) is 0 Å². The van der Waals surface area contributed by atoms with Gasteiger partial charge in [-0.25, -0.2) is 0 Å². The van der Waals surface area contributed by atoms with Crippen LogP contribution >= 0.6 is 0 Å². The van der Waals surface area contributed by atoms with Gasteiger partial charge in [0.25, 0.3) is 0 Å². The second-order valence-electron chi connectivity index (χ2n) is 6.43. The van der Waals surface area contributed by atoms with Gasteiger partial charge in [0.1, 0.15) is 0 Å². The van der Waals surface area contributed by atoms with Gasteiger partial charge in [-0.15, -0.1) is 0 Å². The van der Waals surface area contributed by atoms with Gasteiger partial charge in [-0.1, -0.05) is 32.1 Å². The number of rotatable bonds is 5. The quantitative estimate of drug-likeness (QED) is 0.798. The first-order chi connectivity index (χ1) is 8.25. The maximum atomic E-state index is 6.34. The Bertz CT molecular complexity index is 205. The van der Waals surface area contributed by atoms with E-state index in [2.05, 4.69) is 11.9 Å². The van der Waals surface area contributed by atoms with Gasteiger partial charge >= 0.3 is 0 Å². The molecule has 0 heterocycles. The topological polar surface area (TPSA) is 29.3 Å². The molecule has 0 bridgehead atoms. The molecule has 17 heavy (non-hydrogen) atoms. The van der Waals surface area contributed by atoms with Crippen LogP contribution in [0.15, 0.2) is 0 Å². The summed E-state index contributed by atoms with van der Waals surface area (Å²) in [6, 6.07) is 0.422. The van der Waals surface area contributed by atoms with E-state index >= 15 is 0 Å². The van der Waals surface area contributed by atoms with Gasteiger partial charge in [0, 0.05) is 19.1 Å². The van der Waals surface area contributed by atoms with Crippen molar-refractivity contribution < 1.29 is 0 Å². The Morgan fingerprint density at radius 1 is 1.00 bits per heavy atom. The molecule has 0 aliphatic heterocycles. The molecule has 1 unspecified atom stereocenters. The molecule has 2 aliphatic carbocycles. The Morgan fingerprint density at radius 2 is 1.59 bits per heavy atom. The number of likely N-dealkylation sites (N-methyl/N-ethyl adjacent to an activating group) is 1. The zero-order chi connectivity index (χ0) is 12.1. The normalized spacial score (nSPS) is 25.6. The van der Waals surface area contributed by atoms with E-state index in [1.807, 2.05) is 0 Å². The number of nitrogens with zero attached hydrogens (tertiary/aromatic N) is 1. The minimum atomic E-state index is 0.422. The average molecular weight is 238 g/mol.